The molecule has 2 aliphatic heterocycles. The van der Waals surface area contributed by atoms with Gasteiger partial charge in [-0.2, -0.15) is 0 Å². The van der Waals surface area contributed by atoms with Crippen LogP contribution in [0.3, 0.4) is 0 Å². The number of halogens is 1. The molecule has 2 heterocycles. The number of fused-ring (bicyclic) bond motifs is 1. The summed E-state index contributed by atoms with van der Waals surface area (Å²) in [4.78, 5) is 0. The fraction of sp³-hybridized carbons (Fsp3) is 0.333. The Morgan fingerprint density at radius 2 is 2.17 bits per heavy atom. The summed E-state index contributed by atoms with van der Waals surface area (Å²) in [6, 6.07) is 4.74. The van der Waals surface area contributed by atoms with Crippen molar-refractivity contribution in [3.63, 3.8) is 0 Å². The topological polar surface area (TPSA) is 25.1 Å². The first-order chi connectivity index (χ1) is 5.77. The minimum atomic E-state index is -0.262. The molecule has 1 unspecified atom stereocenters. The van der Waals surface area contributed by atoms with E-state index in [1.165, 1.54) is 6.07 Å². The molecule has 2 aliphatic rings. The minimum Gasteiger partial charge on any atom is -0.446 e. The molecule has 2 nitrogen and oxygen atoms in total. The molecule has 0 spiro atoms. The van der Waals surface area contributed by atoms with E-state index in [4.69, 9.17) is 9.47 Å². The van der Waals surface area contributed by atoms with Crippen LogP contribution in [-0.4, -0.2) is 12.7 Å². The van der Waals surface area contributed by atoms with Gasteiger partial charge in [0.1, 0.15) is 0 Å². The Morgan fingerprint density at radius 3 is 2.58 bits per heavy atom. The first-order valence-electron chi connectivity index (χ1n) is 3.85. The summed E-state index contributed by atoms with van der Waals surface area (Å²) in [6.07, 6.45) is 0.583. The average molecular weight is 168 g/mol. The van der Waals surface area contributed by atoms with Crippen molar-refractivity contribution in [1.29, 1.82) is 0 Å². The first-order valence-corrected chi connectivity index (χ1v) is 3.85. The maximum atomic E-state index is 12.2. The Morgan fingerprint density at radius 1 is 1.50 bits per heavy atom. The van der Waals surface area contributed by atoms with Gasteiger partial charge in [-0.3, -0.25) is 0 Å². The first kappa shape index (κ1) is 7.55. The van der Waals surface area contributed by atoms with Crippen molar-refractivity contribution in [1.82, 2.24) is 0 Å². The monoisotopic (exact) mass is 168 g/mol. The highest BCUT2D eigenvalue weighted by Gasteiger charge is 2.23. The number of rotatable bonds is 0. The average Bonchev–Trinajstić information content (AvgIpc) is 2.85. The smallest absolute Gasteiger partial charge is 0.205 e. The third kappa shape index (κ3) is 1.74. The van der Waals surface area contributed by atoms with E-state index in [0.29, 0.717) is 17.6 Å². The molecule has 1 aromatic rings. The summed E-state index contributed by atoms with van der Waals surface area (Å²) >= 11 is 0. The van der Waals surface area contributed by atoms with E-state index in [2.05, 4.69) is 6.92 Å². The van der Waals surface area contributed by atoms with E-state index in [-0.39, 0.29) is 5.82 Å². The molecule has 1 aromatic carbocycles. The van der Waals surface area contributed by atoms with Crippen LogP contribution in [0.2, 0.25) is 0 Å². The molecule has 0 aliphatic carbocycles. The molecule has 0 N–H and O–H groups in total. The molecule has 0 radical (unpaired) electrons. The van der Waals surface area contributed by atoms with Gasteiger partial charge in [0.15, 0.2) is 11.6 Å². The molecule has 12 heavy (non-hydrogen) atoms. The number of benzene rings is 1. The van der Waals surface area contributed by atoms with Gasteiger partial charge in [0.2, 0.25) is 5.75 Å². The number of hydrogen-bond acceptors (Lipinski definition) is 2. The zero-order valence-corrected chi connectivity index (χ0v) is 6.71. The molecular weight excluding hydrogens is 159 g/mol. The van der Waals surface area contributed by atoms with Gasteiger partial charge in [0.05, 0.1) is 12.7 Å². The molecule has 64 valence electrons. The second-order valence-corrected chi connectivity index (χ2v) is 2.81. The second kappa shape index (κ2) is 2.75. The summed E-state index contributed by atoms with van der Waals surface area (Å²) in [6.45, 7) is 3.04. The summed E-state index contributed by atoms with van der Waals surface area (Å²) in [5.41, 5.74) is 0. The fourth-order valence-corrected chi connectivity index (χ4v) is 0.752. The molecule has 1 saturated heterocycles. The van der Waals surface area contributed by atoms with Crippen LogP contribution in [0.1, 0.15) is 6.92 Å². The zero-order valence-electron chi connectivity index (χ0n) is 6.71. The van der Waals surface area contributed by atoms with Gasteiger partial charge in [-0.05, 0) is 19.1 Å². The number of hydrogen-bond donors (Lipinski definition) is 0. The van der Waals surface area contributed by atoms with Crippen molar-refractivity contribution in [2.75, 3.05) is 6.61 Å². The highest BCUT2D eigenvalue weighted by atomic mass is 19.1. The molecule has 3 heteroatoms. The van der Waals surface area contributed by atoms with E-state index in [1.54, 1.807) is 12.1 Å². The van der Waals surface area contributed by atoms with Crippen molar-refractivity contribution in [3.05, 3.63) is 24.0 Å². The van der Waals surface area contributed by atoms with Gasteiger partial charge < -0.3 is 9.47 Å². The molecule has 0 bridgehead atoms. The van der Waals surface area contributed by atoms with E-state index < -0.39 is 0 Å². The molecule has 0 amide bonds. The normalized spacial score (nSPS) is 21.3. The van der Waals surface area contributed by atoms with Crippen LogP contribution in [-0.2, 0) is 4.74 Å². The summed E-state index contributed by atoms with van der Waals surface area (Å²) in [7, 11) is 0. The minimum absolute atomic E-state index is 0.262. The van der Waals surface area contributed by atoms with E-state index in [0.717, 1.165) is 6.61 Å². The number of ether oxygens (including phenoxy) is 2. The van der Waals surface area contributed by atoms with Crippen LogP contribution in [0.25, 0.3) is 0 Å². The van der Waals surface area contributed by atoms with Crippen LogP contribution < -0.4 is 4.74 Å². The maximum absolute atomic E-state index is 12.2. The van der Waals surface area contributed by atoms with Gasteiger partial charge in [-0.1, -0.05) is 6.07 Å². The van der Waals surface area contributed by atoms with Crippen molar-refractivity contribution in [2.24, 2.45) is 0 Å². The van der Waals surface area contributed by atoms with E-state index >= 15 is 0 Å². The third-order valence-corrected chi connectivity index (χ3v) is 1.60. The quantitative estimate of drug-likeness (QED) is 0.564. The van der Waals surface area contributed by atoms with Gasteiger partial charge in [0, 0.05) is 0 Å². The Kier molecular flexibility index (Phi) is 1.73. The Balaban J connectivity index is 0.000000119. The lowest BCUT2D eigenvalue weighted by molar-refractivity contribution is 0.423. The third-order valence-electron chi connectivity index (χ3n) is 1.60. The fourth-order valence-electron chi connectivity index (χ4n) is 0.752. The SMILES string of the molecule is CC1CO1.Fc1cccc2c1O2. The Hall–Kier alpha value is -1.09. The predicted octanol–water partition coefficient (Wildman–Crippen LogP) is 2.34. The van der Waals surface area contributed by atoms with Crippen LogP contribution in [0, 0.1) is 5.82 Å². The number of para-hydroxylation sites is 1. The summed E-state index contributed by atoms with van der Waals surface area (Å²) < 4.78 is 21.6. The van der Waals surface area contributed by atoms with Crippen molar-refractivity contribution in [2.45, 2.75) is 13.0 Å². The van der Waals surface area contributed by atoms with Gasteiger partial charge in [-0.25, -0.2) is 4.39 Å². The van der Waals surface area contributed by atoms with Crippen LogP contribution in [0.15, 0.2) is 18.2 Å². The van der Waals surface area contributed by atoms with Crippen molar-refractivity contribution >= 4 is 0 Å². The summed E-state index contributed by atoms with van der Waals surface area (Å²) in [5.74, 6) is 0.819. The maximum Gasteiger partial charge on any atom is 0.205 e. The van der Waals surface area contributed by atoms with Crippen molar-refractivity contribution in [3.8, 4) is 11.5 Å². The largest absolute Gasteiger partial charge is 0.446 e. The van der Waals surface area contributed by atoms with Gasteiger partial charge in [0.25, 0.3) is 0 Å². The summed E-state index contributed by atoms with van der Waals surface area (Å²) in [5, 5.41) is 0. The molecule has 0 aromatic heterocycles. The zero-order chi connectivity index (χ0) is 8.55. The van der Waals surface area contributed by atoms with Crippen LogP contribution >= 0.6 is 0 Å². The highest BCUT2D eigenvalue weighted by Crippen LogP contribution is 2.46. The molecule has 0 saturated carbocycles. The Bertz CT molecular complexity index is 295. The molecule has 1 atom stereocenters. The Labute approximate surface area is 69.9 Å². The molecule has 3 rings (SSSR count). The highest BCUT2D eigenvalue weighted by molar-refractivity contribution is 5.54. The lowest BCUT2D eigenvalue weighted by Gasteiger charge is -1.72. The lowest BCUT2D eigenvalue weighted by atomic mass is 10.4. The van der Waals surface area contributed by atoms with Crippen molar-refractivity contribution < 1.29 is 13.9 Å². The molecule has 1 fully saturated rings. The van der Waals surface area contributed by atoms with Crippen LogP contribution in [0.4, 0.5) is 4.39 Å². The van der Waals surface area contributed by atoms with Gasteiger partial charge in [-0.15, -0.1) is 0 Å². The predicted molar refractivity (Wildman–Crippen MR) is 41.9 cm³/mol. The standard InChI is InChI=1S/C6H3FO.C3H6O/c7-4-2-1-3-5-6(4)8-5;1-3-2-4-3/h1-3H;3H,2H2,1H3. The van der Waals surface area contributed by atoms with E-state index in [1.807, 2.05) is 0 Å². The second-order valence-electron chi connectivity index (χ2n) is 2.81. The molecular formula is C9H9FO2. The van der Waals surface area contributed by atoms with Crippen LogP contribution in [0.5, 0.6) is 11.5 Å². The lowest BCUT2D eigenvalue weighted by Crippen LogP contribution is -1.60. The van der Waals surface area contributed by atoms with E-state index in [9.17, 15) is 4.39 Å². The number of epoxide rings is 1. The van der Waals surface area contributed by atoms with Gasteiger partial charge >= 0.3 is 0 Å².